The molecular weight excluding hydrogens is 644 g/mol. The fraction of sp³-hybridized carbons (Fsp3) is 0.667. The maximum Gasteiger partial charge on any atom is 0.305 e. The molecule has 2 aliphatic heterocycles. The molecule has 0 radical (unpaired) electrons. The van der Waals surface area contributed by atoms with E-state index >= 15 is 0 Å². The minimum Gasteiger partial charge on any atom is -0.469 e. The number of aryl methyl sites for hydroxylation is 1. The summed E-state index contributed by atoms with van der Waals surface area (Å²) in [5.74, 6) is -0.564. The van der Waals surface area contributed by atoms with Crippen molar-refractivity contribution in [2.75, 3.05) is 20.3 Å². The van der Waals surface area contributed by atoms with Crippen molar-refractivity contribution in [3.05, 3.63) is 65.8 Å². The molecule has 4 rings (SSSR count). The predicted molar refractivity (Wildman–Crippen MR) is 189 cm³/mol. The van der Waals surface area contributed by atoms with Crippen molar-refractivity contribution in [1.82, 2.24) is 0 Å². The zero-order chi connectivity index (χ0) is 35.1. The molecule has 3 aliphatic rings. The van der Waals surface area contributed by atoms with Crippen LogP contribution in [0.2, 0.25) is 0 Å². The molecule has 1 aromatic carbocycles. The minimum atomic E-state index is -4.03. The first kappa shape index (κ1) is 39.4. The first-order chi connectivity index (χ1) is 23.6. The fourth-order valence-corrected chi connectivity index (χ4v) is 7.83. The summed E-state index contributed by atoms with van der Waals surface area (Å²) in [5, 5.41) is 0. The van der Waals surface area contributed by atoms with E-state index in [1.54, 1.807) is 24.3 Å². The number of hydrogen-bond acceptors (Lipinski definition) is 9. The average Bonchev–Trinajstić information content (AvgIpc) is 3.39. The SMILES string of the molecule is COC(=O)CCC/C=C\C[C@@H]1[C@@H](/C=C/[C@H](CCC=C(C)C)OC2CCCCO2)[C@H](OC2CCCCO2)C[C@@H]1OS(=O)(=O)c1ccc(C)cc1. The van der Waals surface area contributed by atoms with Gasteiger partial charge in [-0.15, -0.1) is 0 Å². The number of carbonyl (C=O) groups excluding carboxylic acids is 1. The number of hydrogen-bond donors (Lipinski definition) is 0. The standard InChI is InChI=1S/C39H58O9S/c1-29(2)14-13-15-31(46-38-18-9-11-26-44-38)22-25-34-33(16-7-5-6-8-17-37(40)43-4)36(28-35(34)47-39-19-10-12-27-45-39)48-49(41,42)32-23-20-30(3)21-24-32/h5,7,14,20-25,31,33-36,38-39H,6,8-13,15-19,26-28H2,1-4H3/b7-5-,25-22+/t31-,33+,34+,35+,36-,38?,39?/m0/s1. The number of ether oxygens (including phenoxy) is 5. The Kier molecular flexibility index (Phi) is 16.5. The van der Waals surface area contributed by atoms with Gasteiger partial charge in [0.2, 0.25) is 0 Å². The lowest BCUT2D eigenvalue weighted by Gasteiger charge is -2.30. The largest absolute Gasteiger partial charge is 0.469 e. The topological polar surface area (TPSA) is 107 Å². The quantitative estimate of drug-likeness (QED) is 0.0649. The number of unbranched alkanes of at least 4 members (excludes halogenated alkanes) is 1. The Labute approximate surface area is 294 Å². The molecule has 0 spiro atoms. The number of carbonyl (C=O) groups is 1. The molecule has 274 valence electrons. The van der Waals surface area contributed by atoms with Gasteiger partial charge in [-0.3, -0.25) is 8.98 Å². The zero-order valence-electron chi connectivity index (χ0n) is 29.9. The lowest BCUT2D eigenvalue weighted by Crippen LogP contribution is -2.31. The van der Waals surface area contributed by atoms with Gasteiger partial charge in [0.05, 0.1) is 30.3 Å². The monoisotopic (exact) mass is 702 g/mol. The molecule has 1 aliphatic carbocycles. The third-order valence-electron chi connectivity index (χ3n) is 9.46. The van der Waals surface area contributed by atoms with E-state index in [4.69, 9.17) is 27.9 Å². The molecule has 0 N–H and O–H groups in total. The second kappa shape index (κ2) is 20.5. The van der Waals surface area contributed by atoms with Crippen molar-refractivity contribution in [3.63, 3.8) is 0 Å². The van der Waals surface area contributed by atoms with Gasteiger partial charge in [0.15, 0.2) is 12.6 Å². The Bertz CT molecular complexity index is 1320. The molecule has 1 aromatic rings. The average molecular weight is 703 g/mol. The lowest BCUT2D eigenvalue weighted by atomic mass is 9.89. The molecule has 10 heteroatoms. The van der Waals surface area contributed by atoms with Crippen LogP contribution in [0.25, 0.3) is 0 Å². The van der Waals surface area contributed by atoms with Gasteiger partial charge in [0.25, 0.3) is 10.1 Å². The predicted octanol–water partition coefficient (Wildman–Crippen LogP) is 8.12. The van der Waals surface area contributed by atoms with Crippen molar-refractivity contribution in [2.24, 2.45) is 11.8 Å². The van der Waals surface area contributed by atoms with Crippen LogP contribution in [0.15, 0.2) is 65.1 Å². The highest BCUT2D eigenvalue weighted by atomic mass is 32.2. The van der Waals surface area contributed by atoms with Crippen molar-refractivity contribution < 1.29 is 41.1 Å². The van der Waals surface area contributed by atoms with E-state index in [0.717, 1.165) is 56.9 Å². The van der Waals surface area contributed by atoms with Crippen molar-refractivity contribution in [1.29, 1.82) is 0 Å². The van der Waals surface area contributed by atoms with E-state index in [1.165, 1.54) is 12.7 Å². The molecule has 3 fully saturated rings. The Morgan fingerprint density at radius 1 is 0.959 bits per heavy atom. The van der Waals surface area contributed by atoms with E-state index in [-0.39, 0.29) is 47.5 Å². The summed E-state index contributed by atoms with van der Waals surface area (Å²) in [4.78, 5) is 11.7. The molecular formula is C39H58O9S. The van der Waals surface area contributed by atoms with Crippen LogP contribution in [-0.2, 0) is 42.8 Å². The first-order valence-electron chi connectivity index (χ1n) is 18.2. The molecule has 0 bridgehead atoms. The van der Waals surface area contributed by atoms with Crippen LogP contribution in [0, 0.1) is 18.8 Å². The summed E-state index contributed by atoms with van der Waals surface area (Å²) in [6.45, 7) is 7.48. The van der Waals surface area contributed by atoms with Crippen LogP contribution in [-0.4, -0.2) is 65.6 Å². The van der Waals surface area contributed by atoms with Crippen LogP contribution in [0.1, 0.15) is 103 Å². The summed E-state index contributed by atoms with van der Waals surface area (Å²) >= 11 is 0. The third kappa shape index (κ3) is 13.4. The number of rotatable bonds is 18. The zero-order valence-corrected chi connectivity index (χ0v) is 30.7. The molecule has 49 heavy (non-hydrogen) atoms. The van der Waals surface area contributed by atoms with Crippen LogP contribution in [0.5, 0.6) is 0 Å². The summed E-state index contributed by atoms with van der Waals surface area (Å²) in [5.41, 5.74) is 2.24. The molecule has 2 unspecified atom stereocenters. The van der Waals surface area contributed by atoms with E-state index in [0.29, 0.717) is 45.3 Å². The minimum absolute atomic E-state index is 0.141. The Morgan fingerprint density at radius 2 is 1.67 bits per heavy atom. The summed E-state index contributed by atoms with van der Waals surface area (Å²) in [7, 11) is -2.63. The van der Waals surface area contributed by atoms with Gasteiger partial charge >= 0.3 is 5.97 Å². The summed E-state index contributed by atoms with van der Waals surface area (Å²) < 4.78 is 63.2. The molecule has 2 saturated heterocycles. The van der Waals surface area contributed by atoms with E-state index in [2.05, 4.69) is 44.2 Å². The van der Waals surface area contributed by atoms with Gasteiger partial charge in [0, 0.05) is 32.0 Å². The number of methoxy groups -OCH3 is 1. The van der Waals surface area contributed by atoms with E-state index in [9.17, 15) is 13.2 Å². The third-order valence-corrected chi connectivity index (χ3v) is 10.8. The van der Waals surface area contributed by atoms with Crippen LogP contribution < -0.4 is 0 Å². The van der Waals surface area contributed by atoms with Gasteiger partial charge in [0.1, 0.15) is 0 Å². The second-order valence-corrected chi connectivity index (χ2v) is 15.3. The maximum atomic E-state index is 13.6. The smallest absolute Gasteiger partial charge is 0.305 e. The summed E-state index contributed by atoms with van der Waals surface area (Å²) in [6.07, 6.45) is 19.3. The molecule has 2 heterocycles. The van der Waals surface area contributed by atoms with Crippen LogP contribution in [0.4, 0.5) is 0 Å². The van der Waals surface area contributed by atoms with Gasteiger partial charge in [-0.05, 0) is 109 Å². The second-order valence-electron chi connectivity index (χ2n) is 13.7. The highest BCUT2D eigenvalue weighted by Crippen LogP contribution is 2.42. The van der Waals surface area contributed by atoms with Crippen molar-refractivity contribution in [2.45, 2.75) is 140 Å². The van der Waals surface area contributed by atoms with Crippen molar-refractivity contribution >= 4 is 16.1 Å². The molecule has 1 saturated carbocycles. The normalized spacial score (nSPS) is 27.0. The molecule has 7 atom stereocenters. The van der Waals surface area contributed by atoms with Gasteiger partial charge in [-0.25, -0.2) is 0 Å². The Morgan fingerprint density at radius 3 is 2.33 bits per heavy atom. The van der Waals surface area contributed by atoms with E-state index < -0.39 is 16.2 Å². The van der Waals surface area contributed by atoms with Crippen LogP contribution >= 0.6 is 0 Å². The molecule has 9 nitrogen and oxygen atoms in total. The number of esters is 1. The maximum absolute atomic E-state index is 13.6. The lowest BCUT2D eigenvalue weighted by molar-refractivity contribution is -0.193. The first-order valence-corrected chi connectivity index (χ1v) is 19.6. The summed E-state index contributed by atoms with van der Waals surface area (Å²) in [6, 6.07) is 6.75. The highest BCUT2D eigenvalue weighted by Gasteiger charge is 2.46. The number of allylic oxidation sites excluding steroid dienone is 4. The van der Waals surface area contributed by atoms with Crippen LogP contribution in [0.3, 0.4) is 0 Å². The molecule has 0 aromatic heterocycles. The fourth-order valence-electron chi connectivity index (χ4n) is 6.70. The highest BCUT2D eigenvalue weighted by molar-refractivity contribution is 7.86. The molecule has 0 amide bonds. The van der Waals surface area contributed by atoms with Crippen molar-refractivity contribution in [3.8, 4) is 0 Å². The van der Waals surface area contributed by atoms with E-state index in [1.807, 2.05) is 6.92 Å². The Balaban J connectivity index is 1.61. The van der Waals surface area contributed by atoms with Gasteiger partial charge in [-0.1, -0.05) is 53.6 Å². The number of benzene rings is 1. The van der Waals surface area contributed by atoms with Gasteiger partial charge < -0.3 is 23.7 Å². The van der Waals surface area contributed by atoms with Gasteiger partial charge in [-0.2, -0.15) is 8.42 Å². The Hall–Kier alpha value is -2.34.